The Hall–Kier alpha value is -1.89. The van der Waals surface area contributed by atoms with Gasteiger partial charge in [-0.3, -0.25) is 0 Å². The summed E-state index contributed by atoms with van der Waals surface area (Å²) in [7, 11) is 0. The van der Waals surface area contributed by atoms with Crippen LogP contribution in [-0.4, -0.2) is 10.5 Å². The Morgan fingerprint density at radius 3 is 2.25 bits per heavy atom. The van der Waals surface area contributed by atoms with E-state index < -0.39 is 0 Å². The van der Waals surface area contributed by atoms with Crippen molar-refractivity contribution in [2.24, 2.45) is 0 Å². The van der Waals surface area contributed by atoms with E-state index in [2.05, 4.69) is 4.79 Å². The van der Waals surface area contributed by atoms with Gasteiger partial charge in [0.2, 0.25) is 0 Å². The van der Waals surface area contributed by atoms with Crippen LogP contribution in [0, 0.1) is 0 Å². The Morgan fingerprint density at radius 1 is 0.938 bits per heavy atom. The van der Waals surface area contributed by atoms with Gasteiger partial charge in [-0.15, -0.1) is 0 Å². The lowest BCUT2D eigenvalue weighted by Gasteiger charge is -1.97. The Kier molecular flexibility index (Phi) is 3.16. The third-order valence-electron chi connectivity index (χ3n) is 2.25. The molecular formula is C13H9ClN2. The van der Waals surface area contributed by atoms with Crippen molar-refractivity contribution in [3.05, 3.63) is 76.3 Å². The molecule has 0 aliphatic heterocycles. The van der Waals surface area contributed by atoms with Crippen LogP contribution in [0.15, 0.2) is 54.6 Å². The number of halogens is 1. The fraction of sp³-hybridized carbons (Fsp3) is 0. The van der Waals surface area contributed by atoms with Crippen molar-refractivity contribution >= 4 is 17.3 Å². The highest BCUT2D eigenvalue weighted by Gasteiger charge is 2.14. The van der Waals surface area contributed by atoms with Gasteiger partial charge in [-0.05, 0) is 30.3 Å². The Labute approximate surface area is 98.7 Å². The summed E-state index contributed by atoms with van der Waals surface area (Å²) in [5.74, 6) is 0. The molecule has 0 bridgehead atoms. The van der Waals surface area contributed by atoms with Crippen LogP contribution in [0.25, 0.3) is 5.53 Å². The smallest absolute Gasteiger partial charge is 0.329 e. The minimum atomic E-state index is 0.517. The second-order valence-corrected chi connectivity index (χ2v) is 3.76. The SMILES string of the molecule is [N-]=[N+]=C(c1ccccc1)c1cccc(Cl)c1. The molecule has 0 atom stereocenters. The first-order chi connectivity index (χ1) is 7.81. The van der Waals surface area contributed by atoms with Gasteiger partial charge >= 0.3 is 5.71 Å². The maximum absolute atomic E-state index is 9.07. The molecule has 0 saturated carbocycles. The van der Waals surface area contributed by atoms with E-state index in [1.807, 2.05) is 42.5 Å². The van der Waals surface area contributed by atoms with Crippen LogP contribution in [-0.2, 0) is 0 Å². The molecule has 3 heteroatoms. The summed E-state index contributed by atoms with van der Waals surface area (Å²) >= 11 is 5.90. The van der Waals surface area contributed by atoms with E-state index >= 15 is 0 Å². The van der Waals surface area contributed by atoms with Crippen LogP contribution < -0.4 is 0 Å². The van der Waals surface area contributed by atoms with E-state index in [9.17, 15) is 0 Å². The van der Waals surface area contributed by atoms with Crippen LogP contribution in [0.3, 0.4) is 0 Å². The van der Waals surface area contributed by atoms with Crippen molar-refractivity contribution in [1.29, 1.82) is 0 Å². The van der Waals surface area contributed by atoms with E-state index in [4.69, 9.17) is 17.1 Å². The third kappa shape index (κ3) is 2.19. The molecule has 2 aromatic rings. The van der Waals surface area contributed by atoms with E-state index in [1.54, 1.807) is 12.1 Å². The lowest BCUT2D eigenvalue weighted by atomic mass is 10.0. The largest absolute Gasteiger partial charge is 0.361 e. The molecule has 0 radical (unpaired) electrons. The predicted molar refractivity (Wildman–Crippen MR) is 64.7 cm³/mol. The first-order valence-corrected chi connectivity index (χ1v) is 5.22. The van der Waals surface area contributed by atoms with Gasteiger partial charge in [0, 0.05) is 5.02 Å². The van der Waals surface area contributed by atoms with Crippen molar-refractivity contribution < 1.29 is 4.79 Å². The van der Waals surface area contributed by atoms with Gasteiger partial charge in [0.15, 0.2) is 0 Å². The highest BCUT2D eigenvalue weighted by Crippen LogP contribution is 2.14. The number of benzene rings is 2. The second kappa shape index (κ2) is 4.75. The van der Waals surface area contributed by atoms with Gasteiger partial charge < -0.3 is 5.53 Å². The number of hydrogen-bond donors (Lipinski definition) is 0. The van der Waals surface area contributed by atoms with E-state index in [0.717, 1.165) is 11.1 Å². The first-order valence-electron chi connectivity index (χ1n) is 4.84. The standard InChI is InChI=1S/C13H9ClN2/c14-12-8-4-7-11(9-12)13(16-15)10-5-2-1-3-6-10/h1-9H. The molecule has 0 unspecified atom stereocenters. The van der Waals surface area contributed by atoms with Crippen molar-refractivity contribution in [1.82, 2.24) is 0 Å². The normalized spacial score (nSPS) is 9.56. The molecule has 0 saturated heterocycles. The molecular weight excluding hydrogens is 220 g/mol. The van der Waals surface area contributed by atoms with Crippen molar-refractivity contribution in [2.45, 2.75) is 0 Å². The van der Waals surface area contributed by atoms with E-state index in [1.165, 1.54) is 0 Å². The van der Waals surface area contributed by atoms with Gasteiger partial charge in [0.05, 0.1) is 11.1 Å². The minimum Gasteiger partial charge on any atom is -0.361 e. The summed E-state index contributed by atoms with van der Waals surface area (Å²) in [5.41, 5.74) is 11.2. The minimum absolute atomic E-state index is 0.517. The fourth-order valence-electron chi connectivity index (χ4n) is 1.51. The van der Waals surface area contributed by atoms with Crippen molar-refractivity contribution in [2.75, 3.05) is 0 Å². The van der Waals surface area contributed by atoms with Crippen molar-refractivity contribution in [3.8, 4) is 0 Å². The monoisotopic (exact) mass is 228 g/mol. The van der Waals surface area contributed by atoms with Crippen LogP contribution in [0.2, 0.25) is 5.02 Å². The summed E-state index contributed by atoms with van der Waals surface area (Å²) in [6.07, 6.45) is 0. The summed E-state index contributed by atoms with van der Waals surface area (Å²) in [6.45, 7) is 0. The number of nitrogens with zero attached hydrogens (tertiary/aromatic N) is 2. The molecule has 2 nitrogen and oxygen atoms in total. The van der Waals surface area contributed by atoms with E-state index in [-0.39, 0.29) is 0 Å². The first kappa shape index (κ1) is 10.6. The zero-order valence-electron chi connectivity index (χ0n) is 8.47. The summed E-state index contributed by atoms with van der Waals surface area (Å²) < 4.78 is 0. The molecule has 0 aliphatic rings. The molecule has 0 heterocycles. The van der Waals surface area contributed by atoms with Crippen molar-refractivity contribution in [3.63, 3.8) is 0 Å². The molecule has 2 aromatic carbocycles. The molecule has 0 aliphatic carbocycles. The molecule has 2 rings (SSSR count). The highest BCUT2D eigenvalue weighted by atomic mass is 35.5. The zero-order valence-corrected chi connectivity index (χ0v) is 9.22. The molecule has 0 amide bonds. The maximum Gasteiger partial charge on any atom is 0.329 e. The molecule has 0 aromatic heterocycles. The molecule has 0 spiro atoms. The Bertz CT molecular complexity index is 543. The van der Waals surface area contributed by atoms with E-state index in [0.29, 0.717) is 10.7 Å². The van der Waals surface area contributed by atoms with Gasteiger partial charge in [0.25, 0.3) is 0 Å². The van der Waals surface area contributed by atoms with Crippen LogP contribution in [0.4, 0.5) is 0 Å². The second-order valence-electron chi connectivity index (χ2n) is 3.32. The summed E-state index contributed by atoms with van der Waals surface area (Å²) in [4.78, 5) is 3.33. The quantitative estimate of drug-likeness (QED) is 0.429. The molecule has 78 valence electrons. The average Bonchev–Trinajstić information content (AvgIpc) is 2.31. The van der Waals surface area contributed by atoms with Gasteiger partial charge in [0.1, 0.15) is 0 Å². The van der Waals surface area contributed by atoms with Gasteiger partial charge in [-0.1, -0.05) is 35.9 Å². The lowest BCUT2D eigenvalue weighted by Crippen LogP contribution is -2.03. The van der Waals surface area contributed by atoms with Crippen LogP contribution >= 0.6 is 11.6 Å². The van der Waals surface area contributed by atoms with Crippen LogP contribution in [0.1, 0.15) is 11.1 Å². The molecule has 0 fully saturated rings. The molecule has 0 N–H and O–H groups in total. The highest BCUT2D eigenvalue weighted by molar-refractivity contribution is 6.31. The summed E-state index contributed by atoms with van der Waals surface area (Å²) in [6, 6.07) is 16.7. The Morgan fingerprint density at radius 2 is 1.62 bits per heavy atom. The average molecular weight is 229 g/mol. The van der Waals surface area contributed by atoms with Gasteiger partial charge in [-0.25, -0.2) is 0 Å². The zero-order chi connectivity index (χ0) is 11.4. The predicted octanol–water partition coefficient (Wildman–Crippen LogP) is 3.41. The lowest BCUT2D eigenvalue weighted by molar-refractivity contribution is -0.00279. The molecule has 16 heavy (non-hydrogen) atoms. The maximum atomic E-state index is 9.07. The Balaban J connectivity index is 2.50. The topological polar surface area (TPSA) is 36.4 Å². The third-order valence-corrected chi connectivity index (χ3v) is 2.48. The summed E-state index contributed by atoms with van der Waals surface area (Å²) in [5, 5.41) is 0.620. The van der Waals surface area contributed by atoms with Gasteiger partial charge in [-0.2, -0.15) is 4.79 Å². The number of hydrogen-bond acceptors (Lipinski definition) is 0. The fourth-order valence-corrected chi connectivity index (χ4v) is 1.70. The number of rotatable bonds is 2. The van der Waals surface area contributed by atoms with Crippen LogP contribution in [0.5, 0.6) is 0 Å².